The highest BCUT2D eigenvalue weighted by Gasteiger charge is 2.23. The van der Waals surface area contributed by atoms with Crippen LogP contribution in [0.1, 0.15) is 34.6 Å². The third kappa shape index (κ3) is 2.70. The van der Waals surface area contributed by atoms with E-state index in [0.29, 0.717) is 0 Å². The zero-order valence-electron chi connectivity index (χ0n) is 8.02. The predicted molar refractivity (Wildman–Crippen MR) is 47.2 cm³/mol. The first-order chi connectivity index (χ1) is 4.70. The van der Waals surface area contributed by atoms with Crippen molar-refractivity contribution < 1.29 is 0 Å². The van der Waals surface area contributed by atoms with E-state index in [1.807, 2.05) is 13.8 Å². The van der Waals surface area contributed by atoms with Gasteiger partial charge in [-0.15, -0.1) is 0 Å². The van der Waals surface area contributed by atoms with E-state index >= 15 is 0 Å². The van der Waals surface area contributed by atoms with Crippen molar-refractivity contribution in [2.24, 2.45) is 5.92 Å². The number of nitrogens with zero attached hydrogens (tertiary/aromatic N) is 1. The SMILES string of the molecule is CC.CC1CN(C(C)C)C1. The minimum Gasteiger partial charge on any atom is -0.300 e. The minimum atomic E-state index is 0.770. The molecule has 0 saturated carbocycles. The summed E-state index contributed by atoms with van der Waals surface area (Å²) >= 11 is 0. The van der Waals surface area contributed by atoms with Crippen LogP contribution in [0.2, 0.25) is 0 Å². The van der Waals surface area contributed by atoms with Crippen LogP contribution in [0.5, 0.6) is 0 Å². The van der Waals surface area contributed by atoms with Gasteiger partial charge in [0, 0.05) is 19.1 Å². The van der Waals surface area contributed by atoms with Crippen LogP contribution in [0, 0.1) is 5.92 Å². The van der Waals surface area contributed by atoms with E-state index in [9.17, 15) is 0 Å². The number of hydrogen-bond donors (Lipinski definition) is 0. The fourth-order valence-corrected chi connectivity index (χ4v) is 1.17. The molecule has 1 rings (SSSR count). The molecule has 1 heterocycles. The Bertz CT molecular complexity index is 72.8. The van der Waals surface area contributed by atoms with Crippen LogP contribution in [0.4, 0.5) is 0 Å². The predicted octanol–water partition coefficient (Wildman–Crippen LogP) is 2.37. The maximum absolute atomic E-state index is 2.49. The van der Waals surface area contributed by atoms with Gasteiger partial charge in [0.15, 0.2) is 0 Å². The van der Waals surface area contributed by atoms with Gasteiger partial charge >= 0.3 is 0 Å². The maximum atomic E-state index is 2.49. The van der Waals surface area contributed by atoms with Crippen molar-refractivity contribution in [3.05, 3.63) is 0 Å². The van der Waals surface area contributed by atoms with Crippen LogP contribution in [0.15, 0.2) is 0 Å². The minimum absolute atomic E-state index is 0.770. The lowest BCUT2D eigenvalue weighted by Gasteiger charge is -2.40. The number of likely N-dealkylation sites (tertiary alicyclic amines) is 1. The lowest BCUT2D eigenvalue weighted by atomic mass is 10.0. The first-order valence-corrected chi connectivity index (χ1v) is 4.44. The van der Waals surface area contributed by atoms with Crippen LogP contribution in [0.25, 0.3) is 0 Å². The molecule has 0 aromatic rings. The van der Waals surface area contributed by atoms with E-state index in [4.69, 9.17) is 0 Å². The van der Waals surface area contributed by atoms with Crippen molar-refractivity contribution in [2.75, 3.05) is 13.1 Å². The molecule has 1 saturated heterocycles. The van der Waals surface area contributed by atoms with Crippen molar-refractivity contribution in [2.45, 2.75) is 40.7 Å². The summed E-state index contributed by atoms with van der Waals surface area (Å²) in [7, 11) is 0. The molecule has 0 spiro atoms. The molecule has 1 fully saturated rings. The summed E-state index contributed by atoms with van der Waals surface area (Å²) in [5.41, 5.74) is 0. The Morgan fingerprint density at radius 2 is 1.60 bits per heavy atom. The Hall–Kier alpha value is -0.0400. The standard InChI is InChI=1S/C7H15N.C2H6/c1-6(2)8-4-7(3)5-8;1-2/h6-7H,4-5H2,1-3H3;1-2H3. The summed E-state index contributed by atoms with van der Waals surface area (Å²) in [6, 6.07) is 0.770. The number of rotatable bonds is 1. The van der Waals surface area contributed by atoms with Gasteiger partial charge in [-0.2, -0.15) is 0 Å². The van der Waals surface area contributed by atoms with Crippen molar-refractivity contribution in [1.82, 2.24) is 4.90 Å². The van der Waals surface area contributed by atoms with Crippen LogP contribution < -0.4 is 0 Å². The molecule has 1 heteroatoms. The maximum Gasteiger partial charge on any atom is 0.00388 e. The van der Waals surface area contributed by atoms with E-state index in [-0.39, 0.29) is 0 Å². The summed E-state index contributed by atoms with van der Waals surface area (Å²) < 4.78 is 0. The lowest BCUT2D eigenvalue weighted by Crippen LogP contribution is -2.48. The van der Waals surface area contributed by atoms with Gasteiger partial charge < -0.3 is 4.90 Å². The van der Waals surface area contributed by atoms with Gasteiger partial charge in [-0.1, -0.05) is 20.8 Å². The molecule has 0 radical (unpaired) electrons. The van der Waals surface area contributed by atoms with Gasteiger partial charge in [-0.25, -0.2) is 0 Å². The summed E-state index contributed by atoms with van der Waals surface area (Å²) in [5, 5.41) is 0. The summed E-state index contributed by atoms with van der Waals surface area (Å²) in [5.74, 6) is 0.956. The average molecular weight is 143 g/mol. The first-order valence-electron chi connectivity index (χ1n) is 4.44. The topological polar surface area (TPSA) is 3.24 Å². The fraction of sp³-hybridized carbons (Fsp3) is 1.00. The molecule has 0 aromatic carbocycles. The van der Waals surface area contributed by atoms with Crippen molar-refractivity contribution in [3.63, 3.8) is 0 Å². The fourth-order valence-electron chi connectivity index (χ4n) is 1.17. The second kappa shape index (κ2) is 4.73. The monoisotopic (exact) mass is 143 g/mol. The number of hydrogen-bond acceptors (Lipinski definition) is 1. The second-order valence-corrected chi connectivity index (χ2v) is 3.15. The highest BCUT2D eigenvalue weighted by molar-refractivity contribution is 4.78. The van der Waals surface area contributed by atoms with Crippen molar-refractivity contribution in [1.29, 1.82) is 0 Å². The molecule has 10 heavy (non-hydrogen) atoms. The molecule has 1 nitrogen and oxygen atoms in total. The molecule has 62 valence electrons. The van der Waals surface area contributed by atoms with Gasteiger partial charge in [0.2, 0.25) is 0 Å². The molecule has 1 aliphatic heterocycles. The van der Waals surface area contributed by atoms with Crippen LogP contribution in [-0.4, -0.2) is 24.0 Å². The van der Waals surface area contributed by atoms with Gasteiger partial charge in [-0.3, -0.25) is 0 Å². The third-order valence-corrected chi connectivity index (χ3v) is 1.82. The van der Waals surface area contributed by atoms with E-state index in [1.54, 1.807) is 0 Å². The normalized spacial score (nSPS) is 19.8. The summed E-state index contributed by atoms with van der Waals surface area (Å²) in [6.45, 7) is 13.5. The van der Waals surface area contributed by atoms with E-state index in [0.717, 1.165) is 12.0 Å². The van der Waals surface area contributed by atoms with Gasteiger partial charge in [-0.05, 0) is 19.8 Å². The molecular weight excluding hydrogens is 122 g/mol. The molecule has 0 unspecified atom stereocenters. The second-order valence-electron chi connectivity index (χ2n) is 3.15. The highest BCUT2D eigenvalue weighted by Crippen LogP contribution is 2.16. The summed E-state index contributed by atoms with van der Waals surface area (Å²) in [6.07, 6.45) is 0. The molecule has 0 aromatic heterocycles. The van der Waals surface area contributed by atoms with E-state index in [1.165, 1.54) is 13.1 Å². The van der Waals surface area contributed by atoms with E-state index in [2.05, 4.69) is 25.7 Å². The lowest BCUT2D eigenvalue weighted by molar-refractivity contribution is 0.0787. The molecule has 0 aliphatic carbocycles. The van der Waals surface area contributed by atoms with Crippen molar-refractivity contribution >= 4 is 0 Å². The summed E-state index contributed by atoms with van der Waals surface area (Å²) in [4.78, 5) is 2.49. The Labute approximate surface area is 65.4 Å². The molecule has 1 aliphatic rings. The van der Waals surface area contributed by atoms with E-state index < -0.39 is 0 Å². The van der Waals surface area contributed by atoms with Crippen LogP contribution in [0.3, 0.4) is 0 Å². The molecular formula is C9H21N. The van der Waals surface area contributed by atoms with Gasteiger partial charge in [0.05, 0.1) is 0 Å². The Morgan fingerprint density at radius 3 is 1.70 bits per heavy atom. The largest absolute Gasteiger partial charge is 0.300 e. The molecule has 0 amide bonds. The van der Waals surface area contributed by atoms with Gasteiger partial charge in [0.25, 0.3) is 0 Å². The van der Waals surface area contributed by atoms with Crippen molar-refractivity contribution in [3.8, 4) is 0 Å². The Morgan fingerprint density at radius 1 is 1.20 bits per heavy atom. The smallest absolute Gasteiger partial charge is 0.00388 e. The zero-order valence-corrected chi connectivity index (χ0v) is 8.02. The van der Waals surface area contributed by atoms with Gasteiger partial charge in [0.1, 0.15) is 0 Å². The average Bonchev–Trinajstić information content (AvgIpc) is 1.86. The first kappa shape index (κ1) is 9.96. The third-order valence-electron chi connectivity index (χ3n) is 1.82. The van der Waals surface area contributed by atoms with Crippen LogP contribution in [-0.2, 0) is 0 Å². The molecule has 0 atom stereocenters. The quantitative estimate of drug-likeness (QED) is 0.544. The van der Waals surface area contributed by atoms with Crippen LogP contribution >= 0.6 is 0 Å². The zero-order chi connectivity index (χ0) is 8.15. The Balaban J connectivity index is 0.000000371. The molecule has 0 bridgehead atoms. The Kier molecular flexibility index (Phi) is 4.71. The highest BCUT2D eigenvalue weighted by atomic mass is 15.2. The molecule has 0 N–H and O–H groups in total.